The molecular weight excluding hydrogens is 276 g/mol. The number of nitrogens with two attached hydrogens (primary N) is 1. The number of nitrogens with zero attached hydrogens (tertiary/aromatic N) is 1. The van der Waals surface area contributed by atoms with Crippen LogP contribution in [0.1, 0.15) is 15.9 Å². The third-order valence-corrected chi connectivity index (χ3v) is 3.60. The van der Waals surface area contributed by atoms with E-state index in [-0.39, 0.29) is 11.7 Å². The molecule has 0 aliphatic carbocycles. The summed E-state index contributed by atoms with van der Waals surface area (Å²) in [6, 6.07) is 7.68. The van der Waals surface area contributed by atoms with Gasteiger partial charge >= 0.3 is 0 Å². The number of aromatic nitrogens is 1. The smallest absolute Gasteiger partial charge is 0.257 e. The van der Waals surface area contributed by atoms with E-state index in [0.717, 1.165) is 11.3 Å². The average Bonchev–Trinajstić information content (AvgIpc) is 2.86. The predicted octanol–water partition coefficient (Wildman–Crippen LogP) is 1.71. The van der Waals surface area contributed by atoms with Gasteiger partial charge in [0.1, 0.15) is 16.3 Å². The second-order valence-corrected chi connectivity index (χ2v) is 4.83. The molecule has 20 heavy (non-hydrogen) atoms. The summed E-state index contributed by atoms with van der Waals surface area (Å²) in [6.07, 6.45) is 0. The molecule has 0 spiro atoms. The van der Waals surface area contributed by atoms with Crippen molar-refractivity contribution >= 4 is 28.3 Å². The van der Waals surface area contributed by atoms with Gasteiger partial charge in [0.05, 0.1) is 7.11 Å². The zero-order valence-corrected chi connectivity index (χ0v) is 12.1. The highest BCUT2D eigenvalue weighted by atomic mass is 32.1. The van der Waals surface area contributed by atoms with Crippen LogP contribution in [0.25, 0.3) is 0 Å². The number of ether oxygens (including phenoxy) is 1. The summed E-state index contributed by atoms with van der Waals surface area (Å²) in [5.41, 5.74) is 7.17. The molecule has 0 radical (unpaired) electrons. The third-order valence-electron chi connectivity index (χ3n) is 2.78. The second kappa shape index (κ2) is 6.25. The molecule has 0 saturated carbocycles. The second-order valence-electron chi connectivity index (χ2n) is 4.05. The molecule has 1 heterocycles. The highest BCUT2D eigenvalue weighted by Crippen LogP contribution is 2.27. The molecule has 2 aromatic rings. The number of carbonyl (C=O) groups is 1. The van der Waals surface area contributed by atoms with Crippen LogP contribution >= 0.6 is 11.5 Å². The molecule has 2 rings (SSSR count). The fraction of sp³-hybridized carbons (Fsp3) is 0.231. The highest BCUT2D eigenvalue weighted by Gasteiger charge is 2.17. The van der Waals surface area contributed by atoms with Crippen LogP contribution in [0.2, 0.25) is 0 Å². The fourth-order valence-corrected chi connectivity index (χ4v) is 2.40. The Morgan fingerprint density at radius 3 is 2.70 bits per heavy atom. The van der Waals surface area contributed by atoms with Crippen LogP contribution in [0.15, 0.2) is 24.3 Å². The maximum absolute atomic E-state index is 11.7. The lowest BCUT2D eigenvalue weighted by Gasteiger charge is -2.07. The van der Waals surface area contributed by atoms with E-state index in [9.17, 15) is 4.79 Å². The van der Waals surface area contributed by atoms with Crippen molar-refractivity contribution in [2.75, 3.05) is 25.2 Å². The molecule has 0 unspecified atom stereocenters. The van der Waals surface area contributed by atoms with Gasteiger partial charge in [0.15, 0.2) is 5.82 Å². The molecule has 1 aromatic carbocycles. The number of nitrogen functional groups attached to an aromatic ring is 1. The molecule has 0 fully saturated rings. The highest BCUT2D eigenvalue weighted by molar-refractivity contribution is 7.11. The van der Waals surface area contributed by atoms with Crippen LogP contribution in [0.4, 0.5) is 10.8 Å². The number of benzene rings is 1. The molecule has 0 bridgehead atoms. The van der Waals surface area contributed by atoms with Gasteiger partial charge < -0.3 is 21.1 Å². The summed E-state index contributed by atoms with van der Waals surface area (Å²) in [6.45, 7) is 0.579. The Labute approximate surface area is 121 Å². The standard InChI is InChI=1S/C13H16N4O2S/c1-15-12(18)10-11(14)17-20-13(10)16-7-8-3-5-9(19-2)6-4-8/h3-6,16H,7H2,1-2H3,(H2,14,17)(H,15,18). The van der Waals surface area contributed by atoms with Crippen LogP contribution in [-0.4, -0.2) is 24.4 Å². The molecule has 6 nitrogen and oxygen atoms in total. The maximum atomic E-state index is 11.7. The van der Waals surface area contributed by atoms with Gasteiger partial charge in [-0.2, -0.15) is 4.37 Å². The van der Waals surface area contributed by atoms with Crippen molar-refractivity contribution in [1.29, 1.82) is 0 Å². The lowest BCUT2D eigenvalue weighted by molar-refractivity contribution is 0.0965. The lowest BCUT2D eigenvalue weighted by atomic mass is 10.2. The molecular formula is C13H16N4O2S. The maximum Gasteiger partial charge on any atom is 0.257 e. The average molecular weight is 292 g/mol. The number of nitrogens with one attached hydrogen (secondary N) is 2. The fourth-order valence-electron chi connectivity index (χ4n) is 1.69. The van der Waals surface area contributed by atoms with Crippen LogP contribution in [-0.2, 0) is 6.54 Å². The third kappa shape index (κ3) is 3.00. The van der Waals surface area contributed by atoms with Crippen molar-refractivity contribution in [3.8, 4) is 5.75 Å². The summed E-state index contributed by atoms with van der Waals surface area (Å²) in [4.78, 5) is 11.7. The van der Waals surface area contributed by atoms with E-state index in [1.165, 1.54) is 11.5 Å². The number of anilines is 2. The largest absolute Gasteiger partial charge is 0.497 e. The Kier molecular flexibility index (Phi) is 4.41. The first kappa shape index (κ1) is 14.1. The Balaban J connectivity index is 2.08. The first-order valence-corrected chi connectivity index (χ1v) is 6.77. The van der Waals surface area contributed by atoms with Crippen LogP contribution < -0.4 is 21.1 Å². The van der Waals surface area contributed by atoms with Crippen molar-refractivity contribution in [3.05, 3.63) is 35.4 Å². The summed E-state index contributed by atoms with van der Waals surface area (Å²) in [5.74, 6) is 0.807. The molecule has 0 atom stereocenters. The zero-order chi connectivity index (χ0) is 14.5. The molecule has 0 aliphatic heterocycles. The Morgan fingerprint density at radius 2 is 2.10 bits per heavy atom. The van der Waals surface area contributed by atoms with E-state index < -0.39 is 0 Å². The topological polar surface area (TPSA) is 89.3 Å². The van der Waals surface area contributed by atoms with Gasteiger partial charge in [0, 0.05) is 13.6 Å². The van der Waals surface area contributed by atoms with Gasteiger partial charge in [0.2, 0.25) is 0 Å². The van der Waals surface area contributed by atoms with Gasteiger partial charge in [0.25, 0.3) is 5.91 Å². The number of carbonyl (C=O) groups excluding carboxylic acids is 1. The molecule has 0 aliphatic rings. The van der Waals surface area contributed by atoms with Gasteiger partial charge in [-0.15, -0.1) is 0 Å². The normalized spacial score (nSPS) is 10.1. The SMILES string of the molecule is CNC(=O)c1c(N)nsc1NCc1ccc(OC)cc1. The number of methoxy groups -OCH3 is 1. The van der Waals surface area contributed by atoms with E-state index >= 15 is 0 Å². The van der Waals surface area contributed by atoms with E-state index in [1.807, 2.05) is 24.3 Å². The van der Waals surface area contributed by atoms with Gasteiger partial charge in [-0.25, -0.2) is 0 Å². The van der Waals surface area contributed by atoms with E-state index in [2.05, 4.69) is 15.0 Å². The van der Waals surface area contributed by atoms with Gasteiger partial charge in [-0.3, -0.25) is 4.79 Å². The summed E-state index contributed by atoms with van der Waals surface area (Å²) in [5, 5.41) is 6.40. The summed E-state index contributed by atoms with van der Waals surface area (Å²) in [7, 11) is 3.19. The minimum atomic E-state index is -0.242. The zero-order valence-electron chi connectivity index (χ0n) is 11.3. The van der Waals surface area contributed by atoms with Crippen molar-refractivity contribution in [3.63, 3.8) is 0 Å². The first-order chi connectivity index (χ1) is 9.65. The van der Waals surface area contributed by atoms with E-state index in [1.54, 1.807) is 14.2 Å². The number of hydrogen-bond acceptors (Lipinski definition) is 6. The van der Waals surface area contributed by atoms with Crippen molar-refractivity contribution in [2.24, 2.45) is 0 Å². The summed E-state index contributed by atoms with van der Waals surface area (Å²) >= 11 is 1.18. The van der Waals surface area contributed by atoms with E-state index in [0.29, 0.717) is 17.1 Å². The lowest BCUT2D eigenvalue weighted by Crippen LogP contribution is -2.20. The Morgan fingerprint density at radius 1 is 1.40 bits per heavy atom. The minimum absolute atomic E-state index is 0.242. The quantitative estimate of drug-likeness (QED) is 0.780. The number of rotatable bonds is 5. The molecule has 0 saturated heterocycles. The van der Waals surface area contributed by atoms with Crippen LogP contribution in [0.3, 0.4) is 0 Å². The van der Waals surface area contributed by atoms with Gasteiger partial charge in [-0.05, 0) is 29.2 Å². The number of amides is 1. The van der Waals surface area contributed by atoms with Crippen molar-refractivity contribution < 1.29 is 9.53 Å². The molecule has 1 aromatic heterocycles. The predicted molar refractivity (Wildman–Crippen MR) is 80.2 cm³/mol. The van der Waals surface area contributed by atoms with Crippen LogP contribution in [0.5, 0.6) is 5.75 Å². The Hall–Kier alpha value is -2.28. The van der Waals surface area contributed by atoms with Crippen LogP contribution in [0, 0.1) is 0 Å². The molecule has 106 valence electrons. The monoisotopic (exact) mass is 292 g/mol. The summed E-state index contributed by atoms with van der Waals surface area (Å²) < 4.78 is 9.10. The Bertz CT molecular complexity index is 595. The van der Waals surface area contributed by atoms with Gasteiger partial charge in [-0.1, -0.05) is 12.1 Å². The molecule has 7 heteroatoms. The first-order valence-electron chi connectivity index (χ1n) is 5.99. The van der Waals surface area contributed by atoms with Crippen molar-refractivity contribution in [1.82, 2.24) is 9.69 Å². The molecule has 1 amide bonds. The van der Waals surface area contributed by atoms with Crippen molar-refractivity contribution in [2.45, 2.75) is 6.54 Å². The molecule has 4 N–H and O–H groups in total. The van der Waals surface area contributed by atoms with E-state index in [4.69, 9.17) is 10.5 Å². The minimum Gasteiger partial charge on any atom is -0.497 e. The number of hydrogen-bond donors (Lipinski definition) is 3.